The molecule has 0 radical (unpaired) electrons. The summed E-state index contributed by atoms with van der Waals surface area (Å²) in [6, 6.07) is 5.69. The number of hydrogen-bond donors (Lipinski definition) is 3. The van der Waals surface area contributed by atoms with Crippen molar-refractivity contribution in [2.75, 3.05) is 5.32 Å². The highest BCUT2D eigenvalue weighted by Crippen LogP contribution is 2.25. The molecule has 0 unspecified atom stereocenters. The lowest BCUT2D eigenvalue weighted by atomic mass is 10.2. The van der Waals surface area contributed by atoms with E-state index < -0.39 is 5.91 Å². The minimum Gasteiger partial charge on any atom is -0.504 e. The fourth-order valence-electron chi connectivity index (χ4n) is 1.52. The lowest BCUT2D eigenvalue weighted by Crippen LogP contribution is -2.13. The van der Waals surface area contributed by atoms with Gasteiger partial charge in [-0.2, -0.15) is 0 Å². The molecule has 0 aliphatic heterocycles. The highest BCUT2D eigenvalue weighted by atomic mass is 79.9. The second kappa shape index (κ2) is 5.27. The quantitative estimate of drug-likeness (QED) is 0.742. The molecule has 3 N–H and O–H groups in total. The molecule has 98 valence electrons. The maximum Gasteiger partial charge on any atom is 0.256 e. The Morgan fingerprint density at radius 3 is 2.63 bits per heavy atom. The monoisotopic (exact) mass is 322 g/mol. The first-order valence-corrected chi connectivity index (χ1v) is 6.22. The Morgan fingerprint density at radius 1 is 1.26 bits per heavy atom. The molecule has 0 aliphatic carbocycles. The predicted molar refractivity (Wildman–Crippen MR) is 74.4 cm³/mol. The van der Waals surface area contributed by atoms with Crippen LogP contribution in [0.2, 0.25) is 0 Å². The Balaban J connectivity index is 2.23. The molecule has 0 fully saturated rings. The first-order chi connectivity index (χ1) is 8.97. The zero-order valence-corrected chi connectivity index (χ0v) is 11.6. The van der Waals surface area contributed by atoms with Gasteiger partial charge in [-0.05, 0) is 52.7 Å². The molecule has 0 spiro atoms. The zero-order chi connectivity index (χ0) is 14.0. The highest BCUT2D eigenvalue weighted by molar-refractivity contribution is 9.10. The first-order valence-electron chi connectivity index (χ1n) is 5.43. The molecule has 6 heteroatoms. The Morgan fingerprint density at radius 2 is 2.00 bits per heavy atom. The second-order valence-corrected chi connectivity index (χ2v) is 4.89. The van der Waals surface area contributed by atoms with Crippen LogP contribution in [-0.2, 0) is 0 Å². The fourth-order valence-corrected chi connectivity index (χ4v) is 1.96. The number of pyridine rings is 1. The fraction of sp³-hybridized carbons (Fsp3) is 0.0769. The Kier molecular flexibility index (Phi) is 3.71. The van der Waals surface area contributed by atoms with Gasteiger partial charge in [-0.25, -0.2) is 4.98 Å². The number of phenolic OH excluding ortho intramolecular Hbond substituents is 2. The van der Waals surface area contributed by atoms with E-state index in [-0.39, 0.29) is 17.1 Å². The molecule has 19 heavy (non-hydrogen) atoms. The molecule has 1 amide bonds. The maximum absolute atomic E-state index is 12.0. The molecule has 1 aromatic heterocycles. The molecule has 1 heterocycles. The van der Waals surface area contributed by atoms with Crippen molar-refractivity contribution < 1.29 is 15.0 Å². The summed E-state index contributed by atoms with van der Waals surface area (Å²) in [5.74, 6) is -0.573. The maximum atomic E-state index is 12.0. The molecule has 0 bridgehead atoms. The number of phenols is 2. The van der Waals surface area contributed by atoms with E-state index in [1.807, 2.05) is 13.0 Å². The minimum atomic E-state index is -0.409. The number of benzene rings is 1. The summed E-state index contributed by atoms with van der Waals surface area (Å²) in [6.07, 6.45) is 1.58. The molecule has 2 aromatic rings. The van der Waals surface area contributed by atoms with E-state index in [4.69, 9.17) is 0 Å². The van der Waals surface area contributed by atoms with Crippen LogP contribution in [0.15, 0.2) is 34.9 Å². The number of anilines is 1. The van der Waals surface area contributed by atoms with Crippen LogP contribution >= 0.6 is 15.9 Å². The lowest BCUT2D eigenvalue weighted by molar-refractivity contribution is 0.102. The van der Waals surface area contributed by atoms with Crippen molar-refractivity contribution in [2.45, 2.75) is 6.92 Å². The van der Waals surface area contributed by atoms with Crippen molar-refractivity contribution >= 4 is 27.7 Å². The summed E-state index contributed by atoms with van der Waals surface area (Å²) in [4.78, 5) is 16.1. The number of rotatable bonds is 2. The normalized spacial score (nSPS) is 10.2. The Bertz CT molecular complexity index is 644. The van der Waals surface area contributed by atoms with Crippen LogP contribution in [0.3, 0.4) is 0 Å². The summed E-state index contributed by atoms with van der Waals surface area (Å²) >= 11 is 3.29. The molecule has 0 aliphatic rings. The van der Waals surface area contributed by atoms with E-state index in [0.29, 0.717) is 5.82 Å². The highest BCUT2D eigenvalue weighted by Gasteiger charge is 2.11. The van der Waals surface area contributed by atoms with Crippen LogP contribution < -0.4 is 5.32 Å². The molecular formula is C13H11BrN2O3. The molecule has 0 saturated heterocycles. The molecule has 5 nitrogen and oxygen atoms in total. The number of nitrogens with zero attached hydrogens (tertiary/aromatic N) is 1. The summed E-state index contributed by atoms with van der Waals surface area (Å²) < 4.78 is 0.824. The van der Waals surface area contributed by atoms with Crippen molar-refractivity contribution in [1.82, 2.24) is 4.98 Å². The third-order valence-corrected chi connectivity index (χ3v) is 2.95. The largest absolute Gasteiger partial charge is 0.504 e. The third-order valence-electron chi connectivity index (χ3n) is 2.51. The number of aryl methyl sites for hydroxylation is 1. The van der Waals surface area contributed by atoms with Crippen molar-refractivity contribution in [2.24, 2.45) is 0 Å². The van der Waals surface area contributed by atoms with E-state index in [1.54, 1.807) is 6.20 Å². The number of aromatic hydroxyl groups is 2. The van der Waals surface area contributed by atoms with Gasteiger partial charge < -0.3 is 15.5 Å². The Hall–Kier alpha value is -2.08. The van der Waals surface area contributed by atoms with Gasteiger partial charge in [0.25, 0.3) is 5.91 Å². The molecule has 2 rings (SSSR count). The SMILES string of the molecule is Cc1cc(Br)cnc1NC(=O)c1ccc(O)c(O)c1. The van der Waals surface area contributed by atoms with Gasteiger partial charge in [0.05, 0.1) is 0 Å². The molecular weight excluding hydrogens is 312 g/mol. The van der Waals surface area contributed by atoms with Crippen molar-refractivity contribution in [3.63, 3.8) is 0 Å². The number of carbonyl (C=O) groups excluding carboxylic acids is 1. The molecule has 0 saturated carbocycles. The summed E-state index contributed by atoms with van der Waals surface area (Å²) in [5.41, 5.74) is 1.05. The van der Waals surface area contributed by atoms with E-state index in [0.717, 1.165) is 10.0 Å². The topological polar surface area (TPSA) is 82.5 Å². The summed E-state index contributed by atoms with van der Waals surface area (Å²) in [5, 5.41) is 21.2. The van der Waals surface area contributed by atoms with Crippen molar-refractivity contribution in [1.29, 1.82) is 0 Å². The number of carbonyl (C=O) groups is 1. The third kappa shape index (κ3) is 3.03. The zero-order valence-electron chi connectivity index (χ0n) is 10.0. The van der Waals surface area contributed by atoms with Gasteiger partial charge in [0.1, 0.15) is 5.82 Å². The van der Waals surface area contributed by atoms with Crippen molar-refractivity contribution in [3.05, 3.63) is 46.1 Å². The van der Waals surface area contributed by atoms with Gasteiger partial charge >= 0.3 is 0 Å². The molecule has 1 aromatic carbocycles. The average molecular weight is 323 g/mol. The van der Waals surface area contributed by atoms with E-state index in [2.05, 4.69) is 26.2 Å². The summed E-state index contributed by atoms with van der Waals surface area (Å²) in [7, 11) is 0. The van der Waals surface area contributed by atoms with Crippen LogP contribution in [0.4, 0.5) is 5.82 Å². The lowest BCUT2D eigenvalue weighted by Gasteiger charge is -2.08. The van der Waals surface area contributed by atoms with Crippen LogP contribution in [0.5, 0.6) is 11.5 Å². The van der Waals surface area contributed by atoms with Gasteiger partial charge in [0.2, 0.25) is 0 Å². The second-order valence-electron chi connectivity index (χ2n) is 3.98. The van der Waals surface area contributed by atoms with Crippen LogP contribution in [0.1, 0.15) is 15.9 Å². The van der Waals surface area contributed by atoms with Gasteiger partial charge in [0, 0.05) is 16.2 Å². The number of aromatic nitrogens is 1. The Labute approximate surface area is 118 Å². The van der Waals surface area contributed by atoms with Gasteiger partial charge in [-0.3, -0.25) is 4.79 Å². The number of halogens is 1. The summed E-state index contributed by atoms with van der Waals surface area (Å²) in [6.45, 7) is 1.82. The van der Waals surface area contributed by atoms with E-state index >= 15 is 0 Å². The predicted octanol–water partition coefficient (Wildman–Crippen LogP) is 2.82. The van der Waals surface area contributed by atoms with Crippen molar-refractivity contribution in [3.8, 4) is 11.5 Å². The van der Waals surface area contributed by atoms with E-state index in [1.165, 1.54) is 18.2 Å². The number of nitrogens with one attached hydrogen (secondary N) is 1. The first kappa shape index (κ1) is 13.4. The minimum absolute atomic E-state index is 0.236. The van der Waals surface area contributed by atoms with Gasteiger partial charge in [-0.15, -0.1) is 0 Å². The smallest absolute Gasteiger partial charge is 0.256 e. The standard InChI is InChI=1S/C13H11BrN2O3/c1-7-4-9(14)6-15-12(7)16-13(19)8-2-3-10(17)11(18)5-8/h2-6,17-18H,1H3,(H,15,16,19). The van der Waals surface area contributed by atoms with Gasteiger partial charge in [0.15, 0.2) is 11.5 Å². The molecule has 0 atom stereocenters. The number of amides is 1. The van der Waals surface area contributed by atoms with Crippen LogP contribution in [0, 0.1) is 6.92 Å². The average Bonchev–Trinajstić information content (AvgIpc) is 2.36. The van der Waals surface area contributed by atoms with Crippen LogP contribution in [0.25, 0.3) is 0 Å². The number of hydrogen-bond acceptors (Lipinski definition) is 4. The van der Waals surface area contributed by atoms with Gasteiger partial charge in [-0.1, -0.05) is 0 Å². The van der Waals surface area contributed by atoms with Crippen LogP contribution in [-0.4, -0.2) is 21.1 Å². The van der Waals surface area contributed by atoms with E-state index in [9.17, 15) is 15.0 Å².